The lowest BCUT2D eigenvalue weighted by Crippen LogP contribution is -2.09. The zero-order valence-electron chi connectivity index (χ0n) is 10.2. The number of rotatable bonds is 4. The number of nitrogens with zero attached hydrogens (tertiary/aromatic N) is 1. The molecule has 0 radical (unpaired) electrons. The van der Waals surface area contributed by atoms with Crippen molar-refractivity contribution >= 4 is 9.84 Å². The van der Waals surface area contributed by atoms with E-state index < -0.39 is 9.84 Å². The number of sulfone groups is 1. The molecule has 3 nitrogen and oxygen atoms in total. The number of aromatic nitrogens is 1. The van der Waals surface area contributed by atoms with Crippen molar-refractivity contribution in [1.29, 1.82) is 0 Å². The lowest BCUT2D eigenvalue weighted by atomic mass is 10.2. The highest BCUT2D eigenvalue weighted by molar-refractivity contribution is 7.91. The Hall–Kier alpha value is -1.68. The van der Waals surface area contributed by atoms with Crippen LogP contribution in [0.15, 0.2) is 53.7 Å². The molecule has 0 aliphatic rings. The van der Waals surface area contributed by atoms with Crippen LogP contribution in [-0.4, -0.2) is 19.2 Å². The molecule has 0 unspecified atom stereocenters. The van der Waals surface area contributed by atoms with Gasteiger partial charge in [-0.15, -0.1) is 0 Å². The summed E-state index contributed by atoms with van der Waals surface area (Å²) in [6.45, 7) is 1.89. The van der Waals surface area contributed by atoms with E-state index in [0.29, 0.717) is 11.3 Å². The minimum Gasteiger partial charge on any atom is -0.265 e. The average molecular weight is 261 g/mol. The Kier molecular flexibility index (Phi) is 3.77. The zero-order chi connectivity index (χ0) is 13.0. The van der Waals surface area contributed by atoms with E-state index in [0.717, 1.165) is 11.1 Å². The second-order valence-corrected chi connectivity index (χ2v) is 6.35. The van der Waals surface area contributed by atoms with Crippen LogP contribution in [0.1, 0.15) is 11.1 Å². The molecule has 0 N–H and O–H groups in total. The van der Waals surface area contributed by atoms with Gasteiger partial charge in [0.1, 0.15) is 0 Å². The maximum Gasteiger partial charge on any atom is 0.178 e. The van der Waals surface area contributed by atoms with Gasteiger partial charge >= 0.3 is 0 Å². The van der Waals surface area contributed by atoms with Gasteiger partial charge in [0, 0.05) is 12.4 Å². The van der Waals surface area contributed by atoms with Crippen molar-refractivity contribution in [3.63, 3.8) is 0 Å². The van der Waals surface area contributed by atoms with Gasteiger partial charge in [0.2, 0.25) is 0 Å². The molecule has 18 heavy (non-hydrogen) atoms. The molecule has 0 saturated carbocycles. The second kappa shape index (κ2) is 5.31. The van der Waals surface area contributed by atoms with Crippen molar-refractivity contribution in [3.8, 4) is 0 Å². The van der Waals surface area contributed by atoms with Gasteiger partial charge in [0.05, 0.1) is 10.6 Å². The molecule has 0 saturated heterocycles. The van der Waals surface area contributed by atoms with Gasteiger partial charge < -0.3 is 0 Å². The van der Waals surface area contributed by atoms with Gasteiger partial charge in [0.15, 0.2) is 9.84 Å². The summed E-state index contributed by atoms with van der Waals surface area (Å²) in [6.07, 6.45) is 3.86. The standard InChI is InChI=1S/C14H15NO2S/c1-12-3-2-4-14(11-12)18(16,17)10-7-13-5-8-15-9-6-13/h2-6,8-9,11H,7,10H2,1H3. The van der Waals surface area contributed by atoms with Crippen LogP contribution in [0.2, 0.25) is 0 Å². The van der Waals surface area contributed by atoms with Crippen molar-refractivity contribution in [1.82, 2.24) is 4.98 Å². The summed E-state index contributed by atoms with van der Waals surface area (Å²) >= 11 is 0. The van der Waals surface area contributed by atoms with E-state index in [1.165, 1.54) is 0 Å². The quantitative estimate of drug-likeness (QED) is 0.849. The molecule has 1 aromatic carbocycles. The molecule has 0 atom stereocenters. The fourth-order valence-corrected chi connectivity index (χ4v) is 3.12. The maximum absolute atomic E-state index is 12.1. The summed E-state index contributed by atoms with van der Waals surface area (Å²) in [4.78, 5) is 4.31. The highest BCUT2D eigenvalue weighted by Gasteiger charge is 2.14. The molecule has 0 bridgehead atoms. The van der Waals surface area contributed by atoms with E-state index >= 15 is 0 Å². The van der Waals surface area contributed by atoms with Crippen LogP contribution in [0.25, 0.3) is 0 Å². The first kappa shape index (κ1) is 12.8. The van der Waals surface area contributed by atoms with E-state index in [-0.39, 0.29) is 5.75 Å². The predicted octanol–water partition coefficient (Wildman–Crippen LogP) is 2.41. The fraction of sp³-hybridized carbons (Fsp3) is 0.214. The summed E-state index contributed by atoms with van der Waals surface area (Å²) in [5.74, 6) is 0.125. The third kappa shape index (κ3) is 3.17. The van der Waals surface area contributed by atoms with E-state index in [1.807, 2.05) is 25.1 Å². The lowest BCUT2D eigenvalue weighted by molar-refractivity contribution is 0.595. The summed E-state index contributed by atoms with van der Waals surface area (Å²) in [5.41, 5.74) is 1.95. The third-order valence-electron chi connectivity index (χ3n) is 2.76. The summed E-state index contributed by atoms with van der Waals surface area (Å²) in [6, 6.07) is 10.7. The van der Waals surface area contributed by atoms with Crippen molar-refractivity contribution in [2.45, 2.75) is 18.2 Å². The Bertz CT molecular complexity index is 621. The van der Waals surface area contributed by atoms with E-state index in [2.05, 4.69) is 4.98 Å². The summed E-state index contributed by atoms with van der Waals surface area (Å²) in [7, 11) is -3.20. The number of aryl methyl sites for hydroxylation is 2. The van der Waals surface area contributed by atoms with Gasteiger partial charge in [-0.1, -0.05) is 12.1 Å². The minimum atomic E-state index is -3.20. The summed E-state index contributed by atoms with van der Waals surface area (Å²) in [5, 5.41) is 0. The molecule has 0 spiro atoms. The minimum absolute atomic E-state index is 0.125. The first-order valence-corrected chi connectivity index (χ1v) is 7.41. The zero-order valence-corrected chi connectivity index (χ0v) is 11.0. The molecule has 2 rings (SSSR count). The van der Waals surface area contributed by atoms with Gasteiger partial charge in [0.25, 0.3) is 0 Å². The predicted molar refractivity (Wildman–Crippen MR) is 71.2 cm³/mol. The van der Waals surface area contributed by atoms with Crippen molar-refractivity contribution < 1.29 is 8.42 Å². The van der Waals surface area contributed by atoms with Crippen LogP contribution in [0.5, 0.6) is 0 Å². The molecule has 1 aromatic heterocycles. The average Bonchev–Trinajstić information content (AvgIpc) is 2.38. The number of benzene rings is 1. The van der Waals surface area contributed by atoms with Crippen molar-refractivity contribution in [3.05, 3.63) is 59.9 Å². The normalized spacial score (nSPS) is 11.4. The van der Waals surface area contributed by atoms with Gasteiger partial charge in [-0.05, 0) is 48.7 Å². The Labute approximate surface area is 107 Å². The Balaban J connectivity index is 2.13. The molecule has 0 amide bonds. The van der Waals surface area contributed by atoms with Crippen LogP contribution in [0, 0.1) is 6.92 Å². The smallest absolute Gasteiger partial charge is 0.178 e. The number of pyridine rings is 1. The van der Waals surface area contributed by atoms with Crippen molar-refractivity contribution in [2.75, 3.05) is 5.75 Å². The van der Waals surface area contributed by atoms with Crippen LogP contribution >= 0.6 is 0 Å². The molecule has 4 heteroatoms. The number of hydrogen-bond donors (Lipinski definition) is 0. The Morgan fingerprint density at radius 3 is 2.50 bits per heavy atom. The molecule has 0 aliphatic heterocycles. The first-order chi connectivity index (χ1) is 8.58. The molecule has 1 heterocycles. The fourth-order valence-electron chi connectivity index (χ4n) is 1.73. The van der Waals surface area contributed by atoms with E-state index in [9.17, 15) is 8.42 Å². The van der Waals surface area contributed by atoms with Crippen molar-refractivity contribution in [2.24, 2.45) is 0 Å². The molecular weight excluding hydrogens is 246 g/mol. The van der Waals surface area contributed by atoms with Crippen LogP contribution in [-0.2, 0) is 16.3 Å². The van der Waals surface area contributed by atoms with Crippen LogP contribution < -0.4 is 0 Å². The highest BCUT2D eigenvalue weighted by atomic mass is 32.2. The number of hydrogen-bond acceptors (Lipinski definition) is 3. The topological polar surface area (TPSA) is 47.0 Å². The Morgan fingerprint density at radius 2 is 1.83 bits per heavy atom. The van der Waals surface area contributed by atoms with Gasteiger partial charge in [-0.2, -0.15) is 0 Å². The Morgan fingerprint density at radius 1 is 1.11 bits per heavy atom. The summed E-state index contributed by atoms with van der Waals surface area (Å²) < 4.78 is 24.3. The monoisotopic (exact) mass is 261 g/mol. The molecular formula is C14H15NO2S. The van der Waals surface area contributed by atoms with Gasteiger partial charge in [-0.3, -0.25) is 4.98 Å². The SMILES string of the molecule is Cc1cccc(S(=O)(=O)CCc2ccncc2)c1. The van der Waals surface area contributed by atoms with Crippen LogP contribution in [0.4, 0.5) is 0 Å². The largest absolute Gasteiger partial charge is 0.265 e. The molecule has 0 aliphatic carbocycles. The molecule has 94 valence electrons. The third-order valence-corrected chi connectivity index (χ3v) is 4.47. The van der Waals surface area contributed by atoms with Gasteiger partial charge in [-0.25, -0.2) is 8.42 Å². The molecule has 2 aromatic rings. The highest BCUT2D eigenvalue weighted by Crippen LogP contribution is 2.14. The first-order valence-electron chi connectivity index (χ1n) is 5.76. The van der Waals surface area contributed by atoms with Crippen LogP contribution in [0.3, 0.4) is 0 Å². The second-order valence-electron chi connectivity index (χ2n) is 4.24. The van der Waals surface area contributed by atoms with E-state index in [4.69, 9.17) is 0 Å². The lowest BCUT2D eigenvalue weighted by Gasteiger charge is -2.05. The van der Waals surface area contributed by atoms with E-state index in [1.54, 1.807) is 30.6 Å². The molecule has 0 fully saturated rings. The maximum atomic E-state index is 12.1.